The molecule has 37 heavy (non-hydrogen) atoms. The van der Waals surface area contributed by atoms with Gasteiger partial charge in [0.15, 0.2) is 0 Å². The predicted molar refractivity (Wildman–Crippen MR) is 151 cm³/mol. The second kappa shape index (κ2) is 10.1. The Hall–Kier alpha value is -4.17. The van der Waals surface area contributed by atoms with Gasteiger partial charge in [0.2, 0.25) is 0 Å². The lowest BCUT2D eigenvalue weighted by Gasteiger charge is -2.19. The summed E-state index contributed by atoms with van der Waals surface area (Å²) >= 11 is -3.49. The van der Waals surface area contributed by atoms with Crippen LogP contribution in [0.2, 0.25) is 0 Å². The van der Waals surface area contributed by atoms with Gasteiger partial charge in [-0.25, -0.2) is 9.97 Å². The van der Waals surface area contributed by atoms with E-state index in [4.69, 9.17) is 19.9 Å². The molecule has 0 aliphatic heterocycles. The average molecular weight is 506 g/mol. The van der Waals surface area contributed by atoms with Crippen molar-refractivity contribution < 1.29 is 19.9 Å². The van der Waals surface area contributed by atoms with Crippen molar-refractivity contribution >= 4 is 41.0 Å². The lowest BCUT2D eigenvalue weighted by Crippen LogP contribution is -2.42. The highest BCUT2D eigenvalue weighted by Gasteiger charge is 2.37. The van der Waals surface area contributed by atoms with Crippen molar-refractivity contribution in [2.75, 3.05) is 0 Å². The van der Waals surface area contributed by atoms with Gasteiger partial charge < -0.3 is 7.58 Å². The number of nitrogens with zero attached hydrogens (tertiary/aromatic N) is 2. The maximum absolute atomic E-state index is 9.07. The SMILES string of the molecule is [2H]c1c([2H])c([2H])c(-c2c([2H])c([2H])[c]([Al]([O]c3cccc4ccc(C)nc34)[O]c3cccc4ccc(C)nc34)c([2H])c2[2H])c([2H])c1[2H]. The highest BCUT2D eigenvalue weighted by atomic mass is 27.2. The molecule has 4 aromatic carbocycles. The highest BCUT2D eigenvalue weighted by Crippen LogP contribution is 2.28. The molecule has 0 aliphatic rings. The van der Waals surface area contributed by atoms with Crippen LogP contribution in [0.15, 0.2) is 115 Å². The minimum absolute atomic E-state index is 0.125. The van der Waals surface area contributed by atoms with Gasteiger partial charge >= 0.3 is 14.8 Å². The monoisotopic (exact) mass is 505 g/mol. The molecule has 0 aliphatic carbocycles. The van der Waals surface area contributed by atoms with Crippen LogP contribution in [-0.2, 0) is 0 Å². The fraction of sp³-hybridized carbons (Fsp3) is 0.0625. The lowest BCUT2D eigenvalue weighted by atomic mass is 10.1. The first kappa shape index (κ1) is 15.2. The van der Waals surface area contributed by atoms with E-state index in [2.05, 4.69) is 9.97 Å². The van der Waals surface area contributed by atoms with Gasteiger partial charge in [0.25, 0.3) is 0 Å². The van der Waals surface area contributed by atoms with E-state index in [0.29, 0.717) is 22.5 Å². The van der Waals surface area contributed by atoms with Crippen LogP contribution in [-0.4, -0.2) is 24.8 Å². The number of rotatable bonds is 6. The normalized spacial score (nSPS) is 14.4. The topological polar surface area (TPSA) is 44.2 Å². The first-order valence-electron chi connectivity index (χ1n) is 16.1. The zero-order valence-corrected chi connectivity index (χ0v) is 21.2. The molecule has 5 heteroatoms. The molecule has 0 atom stereocenters. The summed E-state index contributed by atoms with van der Waals surface area (Å²) in [5, 5.41) is 1.57. The Labute approximate surface area is 233 Å². The van der Waals surface area contributed by atoms with E-state index in [-0.39, 0.29) is 4.43 Å². The number of hydrogen-bond donors (Lipinski definition) is 0. The van der Waals surface area contributed by atoms with E-state index in [1.165, 1.54) is 0 Å². The van der Waals surface area contributed by atoms with Gasteiger partial charge in [0, 0.05) is 22.2 Å². The second-order valence-corrected chi connectivity index (χ2v) is 10.1. The van der Waals surface area contributed by atoms with E-state index in [9.17, 15) is 0 Å². The quantitative estimate of drug-likeness (QED) is 0.231. The fourth-order valence-corrected chi connectivity index (χ4v) is 5.44. The van der Waals surface area contributed by atoms with E-state index in [1.807, 2.05) is 50.2 Å². The minimum atomic E-state index is -3.49. The van der Waals surface area contributed by atoms with Crippen molar-refractivity contribution in [3.8, 4) is 22.6 Å². The third-order valence-electron chi connectivity index (χ3n) is 5.74. The summed E-state index contributed by atoms with van der Waals surface area (Å²) < 4.78 is 89.9. The van der Waals surface area contributed by atoms with Gasteiger partial charge in [-0.3, -0.25) is 0 Å². The smallest absolute Gasteiger partial charge is 0.607 e. The maximum Gasteiger partial charge on any atom is 0.901 e. The van der Waals surface area contributed by atoms with Crippen LogP contribution >= 0.6 is 0 Å². The number of para-hydroxylation sites is 2. The number of aromatic nitrogens is 2. The van der Waals surface area contributed by atoms with Crippen LogP contribution in [0.3, 0.4) is 0 Å². The first-order valence-corrected chi connectivity index (χ1v) is 13.1. The molecule has 0 bridgehead atoms. The molecule has 0 unspecified atom stereocenters. The van der Waals surface area contributed by atoms with Crippen LogP contribution in [0.5, 0.6) is 11.5 Å². The molecule has 0 saturated heterocycles. The molecular formula is C32H25AlN2O2. The predicted octanol–water partition coefficient (Wildman–Crippen LogP) is 6.92. The highest BCUT2D eigenvalue weighted by molar-refractivity contribution is 6.63. The number of benzene rings is 4. The molecule has 0 radical (unpaired) electrons. The third kappa shape index (κ3) is 4.93. The van der Waals surface area contributed by atoms with Crippen molar-refractivity contribution in [1.29, 1.82) is 0 Å². The van der Waals surface area contributed by atoms with Crippen LogP contribution in [0, 0.1) is 13.8 Å². The zero-order chi connectivity index (χ0) is 33.0. The summed E-state index contributed by atoms with van der Waals surface area (Å²) in [6, 6.07) is 12.8. The molecule has 6 rings (SSSR count). The largest absolute Gasteiger partial charge is 0.901 e. The molecular weight excluding hydrogens is 471 g/mol. The van der Waals surface area contributed by atoms with Crippen LogP contribution < -0.4 is 12.0 Å². The Morgan fingerprint density at radius 1 is 0.595 bits per heavy atom. The van der Waals surface area contributed by atoms with Crippen molar-refractivity contribution in [1.82, 2.24) is 9.97 Å². The summed E-state index contributed by atoms with van der Waals surface area (Å²) in [6.07, 6.45) is 0. The summed E-state index contributed by atoms with van der Waals surface area (Å²) in [4.78, 5) is 9.27. The van der Waals surface area contributed by atoms with Crippen LogP contribution in [0.1, 0.15) is 23.7 Å². The molecule has 0 saturated carbocycles. The molecule has 4 nitrogen and oxygen atoms in total. The van der Waals surface area contributed by atoms with Gasteiger partial charge in [-0.15, -0.1) is 0 Å². The zero-order valence-electron chi connectivity index (χ0n) is 29.1. The Kier molecular flexibility index (Phi) is 4.13. The molecule has 2 aromatic heterocycles. The standard InChI is InChI=1S/C12H9.2C10H9NO.Al/c1-3-7-11(8-4-1)12-9-5-2-6-10-12;2*1-7-5-6-8-3-2-4-9(12)10(8)11-7;/h1,3-10H;2*2-6,12H,1H3;/q;;;+2/p-2/i1D,3D,4D,5D,6D,7D,8D,9D,10D;;;. The molecule has 0 fully saturated rings. The summed E-state index contributed by atoms with van der Waals surface area (Å²) in [6.45, 7) is 3.68. The average Bonchev–Trinajstić information content (AvgIpc) is 3.04. The molecule has 178 valence electrons. The molecule has 0 spiro atoms. The summed E-state index contributed by atoms with van der Waals surface area (Å²) in [5.74, 6) is 0.655. The van der Waals surface area contributed by atoms with E-state index >= 15 is 0 Å². The number of hydrogen-bond acceptors (Lipinski definition) is 4. The van der Waals surface area contributed by atoms with E-state index in [1.54, 1.807) is 24.3 Å². The molecule has 6 aromatic rings. The van der Waals surface area contributed by atoms with Gasteiger partial charge in [0.1, 0.15) is 22.5 Å². The number of aryl methyl sites for hydroxylation is 2. The summed E-state index contributed by atoms with van der Waals surface area (Å²) in [5.41, 5.74) is 1.71. The lowest BCUT2D eigenvalue weighted by molar-refractivity contribution is 0.443. The first-order chi connectivity index (χ1) is 21.9. The Bertz CT molecular complexity index is 2070. The van der Waals surface area contributed by atoms with Gasteiger partial charge in [-0.1, -0.05) is 90.8 Å². The Balaban J connectivity index is 1.59. The Morgan fingerprint density at radius 2 is 1.11 bits per heavy atom. The van der Waals surface area contributed by atoms with Crippen molar-refractivity contribution in [3.05, 3.63) is 126 Å². The van der Waals surface area contributed by atoms with E-state index in [0.717, 1.165) is 22.2 Å². The molecule has 2 heterocycles. The number of fused-ring (bicyclic) bond motifs is 2. The van der Waals surface area contributed by atoms with E-state index < -0.39 is 80.3 Å². The maximum atomic E-state index is 9.07. The van der Waals surface area contributed by atoms with Gasteiger partial charge in [0.05, 0.1) is 12.3 Å². The third-order valence-corrected chi connectivity index (χ3v) is 7.44. The van der Waals surface area contributed by atoms with Crippen LogP contribution in [0.4, 0.5) is 0 Å². The molecule has 0 amide bonds. The number of pyridine rings is 2. The van der Waals surface area contributed by atoms with Crippen molar-refractivity contribution in [3.63, 3.8) is 0 Å². The fourth-order valence-electron chi connectivity index (χ4n) is 3.94. The molecule has 0 N–H and O–H groups in total. The second-order valence-electron chi connectivity index (χ2n) is 8.42. The van der Waals surface area contributed by atoms with Crippen LogP contribution in [0.25, 0.3) is 32.9 Å². The van der Waals surface area contributed by atoms with Crippen molar-refractivity contribution in [2.45, 2.75) is 13.8 Å². The Morgan fingerprint density at radius 3 is 1.65 bits per heavy atom. The summed E-state index contributed by atoms with van der Waals surface area (Å²) in [7, 11) is 0. The van der Waals surface area contributed by atoms with Gasteiger partial charge in [-0.05, 0) is 53.7 Å². The van der Waals surface area contributed by atoms with Crippen molar-refractivity contribution in [2.24, 2.45) is 0 Å². The minimum Gasteiger partial charge on any atom is -0.607 e. The van der Waals surface area contributed by atoms with Gasteiger partial charge in [-0.2, -0.15) is 0 Å².